The summed E-state index contributed by atoms with van der Waals surface area (Å²) in [6.45, 7) is 4.13. The van der Waals surface area contributed by atoms with Gasteiger partial charge in [-0.1, -0.05) is 109 Å². The Labute approximate surface area is 290 Å². The highest BCUT2D eigenvalue weighted by Gasteiger charge is 2.24. The van der Waals surface area contributed by atoms with E-state index < -0.39 is 0 Å². The second kappa shape index (κ2) is 11.9. The van der Waals surface area contributed by atoms with Gasteiger partial charge in [0.05, 0.1) is 27.7 Å². The molecule has 0 spiro atoms. The predicted octanol–water partition coefficient (Wildman–Crippen LogP) is 9.92. The fourth-order valence-electron chi connectivity index (χ4n) is 7.31. The van der Waals surface area contributed by atoms with E-state index in [9.17, 15) is 0 Å². The van der Waals surface area contributed by atoms with Crippen LogP contribution in [0.3, 0.4) is 0 Å². The van der Waals surface area contributed by atoms with Crippen molar-refractivity contribution in [3.05, 3.63) is 179 Å². The number of allylic oxidation sites excluding steroid dienone is 2. The number of furan rings is 1. The lowest BCUT2D eigenvalue weighted by Crippen LogP contribution is -2.33. The van der Waals surface area contributed by atoms with E-state index in [-0.39, 0.29) is 0 Å². The molecule has 0 bridgehead atoms. The lowest BCUT2D eigenvalue weighted by atomic mass is 9.97. The van der Waals surface area contributed by atoms with Crippen molar-refractivity contribution in [2.75, 3.05) is 11.9 Å². The predicted molar refractivity (Wildman–Crippen MR) is 210 cm³/mol. The third-order valence-corrected chi connectivity index (χ3v) is 9.78. The second-order valence-corrected chi connectivity index (χ2v) is 12.9. The van der Waals surface area contributed by atoms with Gasteiger partial charge in [-0.15, -0.1) is 0 Å². The summed E-state index contributed by atoms with van der Waals surface area (Å²) in [7, 11) is 2.10. The van der Waals surface area contributed by atoms with E-state index in [1.165, 1.54) is 27.4 Å². The number of aromatic nitrogens is 1. The molecule has 6 aromatic carbocycles. The molecule has 240 valence electrons. The van der Waals surface area contributed by atoms with Gasteiger partial charge in [0.25, 0.3) is 0 Å². The van der Waals surface area contributed by atoms with Crippen LogP contribution in [0.25, 0.3) is 61.5 Å². The van der Waals surface area contributed by atoms with Crippen molar-refractivity contribution in [1.29, 1.82) is 0 Å². The summed E-state index contributed by atoms with van der Waals surface area (Å²) in [5.74, 6) is 0.854. The first-order valence-corrected chi connectivity index (χ1v) is 17.1. The summed E-state index contributed by atoms with van der Waals surface area (Å²) in [5, 5.41) is 4.46. The molecule has 9 rings (SSSR count). The topological polar surface area (TPSA) is 33.7 Å². The zero-order valence-corrected chi connectivity index (χ0v) is 28.3. The third-order valence-electron chi connectivity index (χ3n) is 9.78. The van der Waals surface area contributed by atoms with E-state index in [0.29, 0.717) is 0 Å². The lowest BCUT2D eigenvalue weighted by Gasteiger charge is -2.28. The van der Waals surface area contributed by atoms with Gasteiger partial charge in [-0.2, -0.15) is 0 Å². The Kier molecular flexibility index (Phi) is 7.10. The fraction of sp³-hybridized carbons (Fsp3) is 0.0652. The molecule has 0 atom stereocenters. The van der Waals surface area contributed by atoms with E-state index in [1.807, 2.05) is 25.2 Å². The summed E-state index contributed by atoms with van der Waals surface area (Å²) in [6.07, 6.45) is 6.09. The highest BCUT2D eigenvalue weighted by Crippen LogP contribution is 2.36. The van der Waals surface area contributed by atoms with Gasteiger partial charge >= 0.3 is 0 Å². The number of benzene rings is 6. The van der Waals surface area contributed by atoms with Crippen molar-refractivity contribution in [3.63, 3.8) is 0 Å². The standard InChI is InChI=1S/C46H35N3O/c1-4-5-19-43-44(46-47-45(31-22-20-30(2)21-23-31)36-16-10-11-17-39(36)48(46)3)38-29-33(25-27-42(38)50-43)32-24-26-41-37(28-32)35-15-9-12-18-40(35)49(41)34-13-7-6-8-14-34/h4-29H,1-3H3/b5-4-,43-19+,46-44-. The van der Waals surface area contributed by atoms with E-state index in [1.54, 1.807) is 0 Å². The molecular formula is C46H35N3O. The molecule has 0 amide bonds. The van der Waals surface area contributed by atoms with Crippen molar-refractivity contribution < 1.29 is 4.42 Å². The first-order valence-electron chi connectivity index (χ1n) is 17.1. The maximum atomic E-state index is 6.59. The molecule has 0 unspecified atom stereocenters. The van der Waals surface area contributed by atoms with Crippen LogP contribution in [0.4, 0.5) is 5.69 Å². The Bertz CT molecular complexity index is 2780. The summed E-state index contributed by atoms with van der Waals surface area (Å²) >= 11 is 0. The SMILES string of the molecule is C\C=C/C=c1/oc2ccc(-c3ccc4c(c3)c3ccccc3n4-c3ccccc3)cc2/c1=C1\N=C(c2ccc(C)cc2)c2ccccc2N1C. The lowest BCUT2D eigenvalue weighted by molar-refractivity contribution is 0.575. The van der Waals surface area contributed by atoms with E-state index in [2.05, 4.69) is 163 Å². The quantitative estimate of drug-likeness (QED) is 0.191. The number of para-hydroxylation sites is 3. The van der Waals surface area contributed by atoms with E-state index >= 15 is 0 Å². The number of rotatable bonds is 4. The van der Waals surface area contributed by atoms with Gasteiger partial charge in [0, 0.05) is 40.0 Å². The number of aryl methyl sites for hydroxylation is 1. The van der Waals surface area contributed by atoms with Crippen molar-refractivity contribution in [1.82, 2.24) is 4.57 Å². The third kappa shape index (κ3) is 4.80. The molecule has 4 nitrogen and oxygen atoms in total. The van der Waals surface area contributed by atoms with Crippen molar-refractivity contribution >= 4 is 56.1 Å². The molecule has 0 fully saturated rings. The Morgan fingerprint density at radius 2 is 1.32 bits per heavy atom. The largest absolute Gasteiger partial charge is 0.456 e. The van der Waals surface area contributed by atoms with Crippen molar-refractivity contribution in [3.8, 4) is 16.8 Å². The molecule has 1 aliphatic rings. The highest BCUT2D eigenvalue weighted by atomic mass is 16.3. The van der Waals surface area contributed by atoms with Gasteiger partial charge in [0.2, 0.25) is 0 Å². The number of hydrogen-bond donors (Lipinski definition) is 0. The van der Waals surface area contributed by atoms with Crippen LogP contribution in [0.5, 0.6) is 0 Å². The molecule has 2 aromatic heterocycles. The number of aliphatic imine (C=N–C) groups is 1. The average Bonchev–Trinajstić information content (AvgIpc) is 3.69. The van der Waals surface area contributed by atoms with Gasteiger partial charge < -0.3 is 13.9 Å². The van der Waals surface area contributed by atoms with Crippen LogP contribution < -0.4 is 15.5 Å². The van der Waals surface area contributed by atoms with Crippen LogP contribution in [0.15, 0.2) is 161 Å². The molecular weight excluding hydrogens is 611 g/mol. The smallest absolute Gasteiger partial charge is 0.145 e. The molecule has 0 N–H and O–H groups in total. The molecule has 0 saturated heterocycles. The zero-order chi connectivity index (χ0) is 33.8. The molecule has 0 aliphatic carbocycles. The van der Waals surface area contributed by atoms with Crippen LogP contribution in [0.2, 0.25) is 0 Å². The molecule has 8 aromatic rings. The van der Waals surface area contributed by atoms with Crippen LogP contribution in [0.1, 0.15) is 23.6 Å². The number of nitrogens with zero attached hydrogens (tertiary/aromatic N) is 3. The van der Waals surface area contributed by atoms with Crippen LogP contribution in [0, 0.1) is 6.92 Å². The Hall–Kier alpha value is -6.39. The van der Waals surface area contributed by atoms with Gasteiger partial charge in [0.15, 0.2) is 0 Å². The van der Waals surface area contributed by atoms with Crippen molar-refractivity contribution in [2.24, 2.45) is 4.99 Å². The molecule has 0 radical (unpaired) electrons. The Balaban J connectivity index is 1.30. The average molecular weight is 646 g/mol. The minimum absolute atomic E-state index is 0.782. The van der Waals surface area contributed by atoms with E-state index in [4.69, 9.17) is 9.41 Å². The molecule has 0 saturated carbocycles. The summed E-state index contributed by atoms with van der Waals surface area (Å²) in [5.41, 5.74) is 12.9. The van der Waals surface area contributed by atoms with Crippen molar-refractivity contribution in [2.45, 2.75) is 13.8 Å². The van der Waals surface area contributed by atoms with Gasteiger partial charge in [-0.25, -0.2) is 4.99 Å². The highest BCUT2D eigenvalue weighted by molar-refractivity contribution is 6.20. The number of hydrogen-bond acceptors (Lipinski definition) is 3. The normalized spacial score (nSPS) is 14.7. The summed E-state index contributed by atoms with van der Waals surface area (Å²) in [6, 6.07) is 49.7. The van der Waals surface area contributed by atoms with Crippen LogP contribution in [-0.4, -0.2) is 17.3 Å². The molecule has 50 heavy (non-hydrogen) atoms. The monoisotopic (exact) mass is 645 g/mol. The Morgan fingerprint density at radius 3 is 2.14 bits per heavy atom. The van der Waals surface area contributed by atoms with Gasteiger partial charge in [-0.3, -0.25) is 0 Å². The number of fused-ring (bicyclic) bond motifs is 5. The molecule has 4 heteroatoms. The second-order valence-electron chi connectivity index (χ2n) is 12.9. The van der Waals surface area contributed by atoms with Crippen LogP contribution >= 0.6 is 0 Å². The molecule has 1 aliphatic heterocycles. The maximum absolute atomic E-state index is 6.59. The Morgan fingerprint density at radius 1 is 0.640 bits per heavy atom. The zero-order valence-electron chi connectivity index (χ0n) is 28.3. The first-order chi connectivity index (χ1) is 24.6. The maximum Gasteiger partial charge on any atom is 0.145 e. The number of anilines is 1. The van der Waals surface area contributed by atoms with Gasteiger partial charge in [-0.05, 0) is 79.6 Å². The van der Waals surface area contributed by atoms with Crippen LogP contribution in [-0.2, 0) is 0 Å². The van der Waals surface area contributed by atoms with E-state index in [0.717, 1.165) is 66.8 Å². The summed E-state index contributed by atoms with van der Waals surface area (Å²) in [4.78, 5) is 7.62. The summed E-state index contributed by atoms with van der Waals surface area (Å²) < 4.78 is 8.95. The fourth-order valence-corrected chi connectivity index (χ4v) is 7.31. The minimum Gasteiger partial charge on any atom is -0.456 e. The minimum atomic E-state index is 0.782. The molecule has 3 heterocycles. The van der Waals surface area contributed by atoms with Gasteiger partial charge in [0.1, 0.15) is 16.8 Å². The first kappa shape index (κ1) is 29.7.